The van der Waals surface area contributed by atoms with Crippen LogP contribution in [0.4, 0.5) is 0 Å². The summed E-state index contributed by atoms with van der Waals surface area (Å²) in [6.07, 6.45) is 1.78. The van der Waals surface area contributed by atoms with E-state index in [1.807, 2.05) is 0 Å². The quantitative estimate of drug-likeness (QED) is 0.649. The third kappa shape index (κ3) is 1.89. The molecule has 0 bridgehead atoms. The van der Waals surface area contributed by atoms with Crippen molar-refractivity contribution in [1.29, 1.82) is 0 Å². The molecule has 2 heterocycles. The summed E-state index contributed by atoms with van der Waals surface area (Å²) in [4.78, 5) is 24.1. The summed E-state index contributed by atoms with van der Waals surface area (Å²) in [6, 6.07) is 13.8. The molecule has 3 aromatic carbocycles. The SMILES string of the molecule is O=[C]c1cccc2c1C(=O)OC21c2ccc(O)cc2Oc2cc(O)ccc21. The van der Waals surface area contributed by atoms with Crippen LogP contribution >= 0.6 is 0 Å². The fourth-order valence-corrected chi connectivity index (χ4v) is 3.83. The van der Waals surface area contributed by atoms with Crippen molar-refractivity contribution in [3.63, 3.8) is 0 Å². The van der Waals surface area contributed by atoms with Gasteiger partial charge in [0.05, 0.1) is 5.56 Å². The maximum atomic E-state index is 12.7. The summed E-state index contributed by atoms with van der Waals surface area (Å²) in [5, 5.41) is 19.7. The van der Waals surface area contributed by atoms with Gasteiger partial charge < -0.3 is 19.7 Å². The van der Waals surface area contributed by atoms with Crippen LogP contribution in [0, 0.1) is 0 Å². The second-order valence-corrected chi connectivity index (χ2v) is 6.36. The number of phenolic OH excluding ortho intramolecular Hbond substituents is 2. The van der Waals surface area contributed by atoms with Crippen LogP contribution in [0.3, 0.4) is 0 Å². The number of ether oxygens (including phenoxy) is 2. The van der Waals surface area contributed by atoms with Gasteiger partial charge in [0.25, 0.3) is 0 Å². The molecule has 0 aliphatic carbocycles. The van der Waals surface area contributed by atoms with Crippen LogP contribution in [-0.4, -0.2) is 22.5 Å². The smallest absolute Gasteiger partial charge is 0.340 e. The molecule has 0 saturated heterocycles. The number of hydrogen-bond acceptors (Lipinski definition) is 6. The molecular weight excluding hydrogens is 348 g/mol. The Labute approximate surface area is 153 Å². The lowest BCUT2D eigenvalue weighted by atomic mass is 9.77. The number of aromatic hydroxyl groups is 2. The van der Waals surface area contributed by atoms with Crippen LogP contribution in [0.2, 0.25) is 0 Å². The van der Waals surface area contributed by atoms with Crippen LogP contribution < -0.4 is 4.74 Å². The molecule has 6 heteroatoms. The van der Waals surface area contributed by atoms with Crippen molar-refractivity contribution in [2.45, 2.75) is 5.60 Å². The predicted octanol–water partition coefficient (Wildman–Crippen LogP) is 3.12. The minimum atomic E-state index is -1.36. The average molecular weight is 359 g/mol. The normalized spacial score (nSPS) is 15.3. The first-order valence-electron chi connectivity index (χ1n) is 8.14. The highest BCUT2D eigenvalue weighted by molar-refractivity contribution is 6.03. The van der Waals surface area contributed by atoms with E-state index in [1.54, 1.807) is 30.6 Å². The number of benzene rings is 3. The Balaban J connectivity index is 1.92. The molecule has 0 fully saturated rings. The van der Waals surface area contributed by atoms with Gasteiger partial charge in [0.15, 0.2) is 5.60 Å². The van der Waals surface area contributed by atoms with Crippen molar-refractivity contribution in [3.8, 4) is 23.0 Å². The Morgan fingerprint density at radius 3 is 2.07 bits per heavy atom. The number of esters is 1. The van der Waals surface area contributed by atoms with Crippen LogP contribution in [0.25, 0.3) is 0 Å². The summed E-state index contributed by atoms with van der Waals surface area (Å²) in [7, 11) is 0. The molecule has 0 saturated carbocycles. The fraction of sp³-hybridized carbons (Fsp3) is 0.0476. The maximum Gasteiger partial charge on any atom is 0.340 e. The Morgan fingerprint density at radius 1 is 0.852 bits per heavy atom. The standard InChI is InChI=1S/C21H11O6/c22-10-11-2-1-3-16-19(11)20(25)27-21(16)14-6-4-12(23)8-17(14)26-18-9-13(24)5-7-15(18)21/h1-9,23-24H. The highest BCUT2D eigenvalue weighted by Gasteiger charge is 2.54. The highest BCUT2D eigenvalue weighted by atomic mass is 16.6. The number of rotatable bonds is 1. The van der Waals surface area contributed by atoms with E-state index in [4.69, 9.17) is 9.47 Å². The molecule has 6 nitrogen and oxygen atoms in total. The third-order valence-electron chi connectivity index (χ3n) is 4.91. The molecule has 27 heavy (non-hydrogen) atoms. The fourth-order valence-electron chi connectivity index (χ4n) is 3.83. The van der Waals surface area contributed by atoms with E-state index in [0.29, 0.717) is 16.7 Å². The van der Waals surface area contributed by atoms with Gasteiger partial charge in [0.2, 0.25) is 6.29 Å². The van der Waals surface area contributed by atoms with Crippen LogP contribution in [0.15, 0.2) is 54.6 Å². The van der Waals surface area contributed by atoms with E-state index in [0.717, 1.165) is 0 Å². The lowest BCUT2D eigenvalue weighted by Gasteiger charge is -2.36. The van der Waals surface area contributed by atoms with E-state index in [2.05, 4.69) is 0 Å². The number of fused-ring (bicyclic) bond motifs is 6. The summed E-state index contributed by atoms with van der Waals surface area (Å²) >= 11 is 0. The first kappa shape index (κ1) is 15.5. The zero-order valence-corrected chi connectivity index (χ0v) is 13.7. The van der Waals surface area contributed by atoms with Crippen LogP contribution in [-0.2, 0) is 15.1 Å². The molecule has 2 aliphatic heterocycles. The van der Waals surface area contributed by atoms with Crippen molar-refractivity contribution >= 4 is 12.3 Å². The number of phenols is 2. The number of carbonyl (C=O) groups is 1. The summed E-state index contributed by atoms with van der Waals surface area (Å²) in [5.74, 6) is -0.119. The van der Waals surface area contributed by atoms with Gasteiger partial charge in [-0.1, -0.05) is 18.2 Å². The van der Waals surface area contributed by atoms with E-state index >= 15 is 0 Å². The van der Waals surface area contributed by atoms with Crippen molar-refractivity contribution in [2.24, 2.45) is 0 Å². The van der Waals surface area contributed by atoms with Crippen molar-refractivity contribution in [2.75, 3.05) is 0 Å². The van der Waals surface area contributed by atoms with Gasteiger partial charge in [-0.25, -0.2) is 4.79 Å². The van der Waals surface area contributed by atoms with Crippen LogP contribution in [0.1, 0.15) is 32.6 Å². The van der Waals surface area contributed by atoms with E-state index < -0.39 is 11.6 Å². The first-order chi connectivity index (χ1) is 13.0. The Kier molecular flexibility index (Phi) is 2.92. The van der Waals surface area contributed by atoms with Crippen molar-refractivity contribution in [3.05, 3.63) is 82.4 Å². The summed E-state index contributed by atoms with van der Waals surface area (Å²) in [6.45, 7) is 0. The van der Waals surface area contributed by atoms with Crippen molar-refractivity contribution < 1.29 is 29.3 Å². The van der Waals surface area contributed by atoms with E-state index in [9.17, 15) is 19.8 Å². The summed E-state index contributed by atoms with van der Waals surface area (Å²) in [5.41, 5.74) is 0.399. The molecule has 5 rings (SSSR count). The summed E-state index contributed by atoms with van der Waals surface area (Å²) < 4.78 is 11.7. The molecule has 1 spiro atoms. The van der Waals surface area contributed by atoms with Crippen LogP contribution in [0.5, 0.6) is 23.0 Å². The van der Waals surface area contributed by atoms with Gasteiger partial charge in [-0.3, -0.25) is 4.79 Å². The average Bonchev–Trinajstić information content (AvgIpc) is 2.95. The van der Waals surface area contributed by atoms with Gasteiger partial charge in [-0.2, -0.15) is 0 Å². The first-order valence-corrected chi connectivity index (χ1v) is 8.14. The second-order valence-electron chi connectivity index (χ2n) is 6.36. The lowest BCUT2D eigenvalue weighted by molar-refractivity contribution is 0.0224. The number of carbonyl (C=O) groups excluding carboxylic acids is 2. The zero-order chi connectivity index (χ0) is 18.8. The molecule has 0 unspecified atom stereocenters. The molecular formula is C21H11O6. The van der Waals surface area contributed by atoms with Gasteiger partial charge in [0.1, 0.15) is 23.0 Å². The molecule has 3 aromatic rings. The van der Waals surface area contributed by atoms with Gasteiger partial charge in [-0.15, -0.1) is 0 Å². The third-order valence-corrected chi connectivity index (χ3v) is 4.91. The molecule has 2 N–H and O–H groups in total. The molecule has 0 amide bonds. The molecule has 131 valence electrons. The second kappa shape index (κ2) is 5.11. The van der Waals surface area contributed by atoms with Gasteiger partial charge in [0, 0.05) is 34.4 Å². The maximum absolute atomic E-state index is 12.7. The Morgan fingerprint density at radius 2 is 1.48 bits per heavy atom. The van der Waals surface area contributed by atoms with Crippen molar-refractivity contribution in [1.82, 2.24) is 0 Å². The molecule has 1 radical (unpaired) electrons. The number of hydrogen-bond donors (Lipinski definition) is 2. The minimum Gasteiger partial charge on any atom is -0.508 e. The Bertz CT molecular complexity index is 1100. The lowest BCUT2D eigenvalue weighted by Crippen LogP contribution is -2.32. The molecule has 0 aromatic heterocycles. The van der Waals surface area contributed by atoms with E-state index in [1.165, 1.54) is 30.3 Å². The Hall–Kier alpha value is -3.80. The van der Waals surface area contributed by atoms with Gasteiger partial charge >= 0.3 is 5.97 Å². The molecule has 2 aliphatic rings. The largest absolute Gasteiger partial charge is 0.508 e. The topological polar surface area (TPSA) is 93.1 Å². The molecule has 0 atom stereocenters. The predicted molar refractivity (Wildman–Crippen MR) is 92.8 cm³/mol. The monoisotopic (exact) mass is 359 g/mol. The van der Waals surface area contributed by atoms with E-state index in [-0.39, 0.29) is 34.1 Å². The van der Waals surface area contributed by atoms with Gasteiger partial charge in [-0.05, 0) is 24.3 Å². The minimum absolute atomic E-state index is 0.0213. The highest BCUT2D eigenvalue weighted by Crippen LogP contribution is 2.57. The zero-order valence-electron chi connectivity index (χ0n) is 13.7.